The van der Waals surface area contributed by atoms with Crippen LogP contribution in [0, 0.1) is 6.92 Å². The van der Waals surface area contributed by atoms with Gasteiger partial charge in [-0.3, -0.25) is 14.6 Å². The van der Waals surface area contributed by atoms with Crippen LogP contribution < -0.4 is 21.3 Å². The summed E-state index contributed by atoms with van der Waals surface area (Å²) < 4.78 is 6.56. The largest absolute Gasteiger partial charge is 0.496 e. The number of carbonyl (C=O) groups is 1. The molecule has 0 aliphatic carbocycles. The van der Waals surface area contributed by atoms with Gasteiger partial charge in [0.25, 0.3) is 11.5 Å². The molecule has 1 heterocycles. The molecule has 0 aliphatic rings. The summed E-state index contributed by atoms with van der Waals surface area (Å²) in [6.45, 7) is 4.14. The Balaban J connectivity index is 2.16. The third-order valence-electron chi connectivity index (χ3n) is 3.53. The Morgan fingerprint density at radius 2 is 2.09 bits per heavy atom. The van der Waals surface area contributed by atoms with Crippen LogP contribution in [-0.4, -0.2) is 22.6 Å². The van der Waals surface area contributed by atoms with Crippen molar-refractivity contribution in [2.24, 2.45) is 0 Å². The highest BCUT2D eigenvalue weighted by molar-refractivity contribution is 5.94. The molecule has 7 nitrogen and oxygen atoms in total. The first kappa shape index (κ1) is 16.5. The van der Waals surface area contributed by atoms with Gasteiger partial charge < -0.3 is 14.6 Å². The van der Waals surface area contributed by atoms with E-state index in [0.29, 0.717) is 23.4 Å². The molecular weight excluding hydrogens is 298 g/mol. The zero-order valence-corrected chi connectivity index (χ0v) is 13.3. The number of benzene rings is 1. The van der Waals surface area contributed by atoms with E-state index in [9.17, 15) is 14.4 Å². The lowest BCUT2D eigenvalue weighted by Gasteiger charge is -2.09. The maximum Gasteiger partial charge on any atom is 0.328 e. The van der Waals surface area contributed by atoms with E-state index in [0.717, 1.165) is 5.56 Å². The van der Waals surface area contributed by atoms with Gasteiger partial charge in [-0.1, -0.05) is 6.07 Å². The van der Waals surface area contributed by atoms with Crippen molar-refractivity contribution in [3.8, 4) is 5.75 Å². The summed E-state index contributed by atoms with van der Waals surface area (Å²) in [6, 6.07) is 5.12. The lowest BCUT2D eigenvalue weighted by Crippen LogP contribution is -2.34. The smallest absolute Gasteiger partial charge is 0.328 e. The summed E-state index contributed by atoms with van der Waals surface area (Å²) in [5, 5.41) is 2.67. The van der Waals surface area contributed by atoms with Crippen LogP contribution in [-0.2, 0) is 13.1 Å². The summed E-state index contributed by atoms with van der Waals surface area (Å²) >= 11 is 0. The van der Waals surface area contributed by atoms with Gasteiger partial charge in [-0.15, -0.1) is 0 Å². The Morgan fingerprint density at radius 1 is 1.35 bits per heavy atom. The number of rotatable bonds is 5. The maximum atomic E-state index is 12.2. The molecule has 2 aromatic rings. The molecule has 0 unspecified atom stereocenters. The van der Waals surface area contributed by atoms with Crippen molar-refractivity contribution < 1.29 is 9.53 Å². The van der Waals surface area contributed by atoms with Crippen molar-refractivity contribution in [3.63, 3.8) is 0 Å². The first-order valence-corrected chi connectivity index (χ1v) is 7.21. The van der Waals surface area contributed by atoms with E-state index in [4.69, 9.17) is 4.74 Å². The quantitative estimate of drug-likeness (QED) is 0.853. The average Bonchev–Trinajstić information content (AvgIpc) is 2.54. The van der Waals surface area contributed by atoms with Gasteiger partial charge in [0.1, 0.15) is 5.75 Å². The molecule has 0 saturated heterocycles. The van der Waals surface area contributed by atoms with E-state index < -0.39 is 11.2 Å². The predicted molar refractivity (Wildman–Crippen MR) is 85.9 cm³/mol. The number of aromatic amines is 1. The number of hydrogen-bond donors (Lipinski definition) is 2. The molecule has 0 spiro atoms. The zero-order valence-electron chi connectivity index (χ0n) is 13.3. The normalized spacial score (nSPS) is 10.4. The minimum Gasteiger partial charge on any atom is -0.496 e. The summed E-state index contributed by atoms with van der Waals surface area (Å²) in [6.07, 6.45) is 1.46. The number of H-pyrrole nitrogens is 1. The molecule has 0 saturated carbocycles. The Morgan fingerprint density at radius 3 is 2.74 bits per heavy atom. The molecule has 0 fully saturated rings. The van der Waals surface area contributed by atoms with Crippen LogP contribution in [0.3, 0.4) is 0 Å². The van der Waals surface area contributed by atoms with Gasteiger partial charge in [-0.25, -0.2) is 4.79 Å². The van der Waals surface area contributed by atoms with Crippen LogP contribution in [0.25, 0.3) is 0 Å². The van der Waals surface area contributed by atoms with E-state index in [1.165, 1.54) is 17.9 Å². The van der Waals surface area contributed by atoms with Crippen LogP contribution in [0.1, 0.15) is 28.4 Å². The van der Waals surface area contributed by atoms with Gasteiger partial charge in [-0.05, 0) is 31.5 Å². The van der Waals surface area contributed by atoms with Gasteiger partial charge in [0, 0.05) is 24.8 Å². The third kappa shape index (κ3) is 3.68. The van der Waals surface area contributed by atoms with E-state index >= 15 is 0 Å². The minimum atomic E-state index is -0.499. The van der Waals surface area contributed by atoms with E-state index in [1.54, 1.807) is 25.1 Å². The number of aromatic nitrogens is 2. The Labute approximate surface area is 132 Å². The Kier molecular flexibility index (Phi) is 5.00. The first-order chi connectivity index (χ1) is 11.0. The van der Waals surface area contributed by atoms with Gasteiger partial charge in [0.2, 0.25) is 0 Å². The topological polar surface area (TPSA) is 93.2 Å². The van der Waals surface area contributed by atoms with Crippen molar-refractivity contribution in [2.75, 3.05) is 7.11 Å². The second-order valence-electron chi connectivity index (χ2n) is 5.07. The molecule has 0 atom stereocenters. The lowest BCUT2D eigenvalue weighted by atomic mass is 10.1. The van der Waals surface area contributed by atoms with E-state index in [2.05, 4.69) is 10.3 Å². The van der Waals surface area contributed by atoms with Crippen LogP contribution in [0.2, 0.25) is 0 Å². The number of ether oxygens (including phenoxy) is 1. The van der Waals surface area contributed by atoms with Crippen LogP contribution >= 0.6 is 0 Å². The van der Waals surface area contributed by atoms with Crippen molar-refractivity contribution in [1.82, 2.24) is 14.9 Å². The van der Waals surface area contributed by atoms with Gasteiger partial charge in [0.15, 0.2) is 0 Å². The average molecular weight is 317 g/mol. The summed E-state index contributed by atoms with van der Waals surface area (Å²) in [7, 11) is 1.54. The zero-order chi connectivity index (χ0) is 17.0. The van der Waals surface area contributed by atoms with Crippen LogP contribution in [0.15, 0.2) is 34.0 Å². The molecule has 2 rings (SSSR count). The van der Waals surface area contributed by atoms with E-state index in [1.807, 2.05) is 6.92 Å². The molecule has 23 heavy (non-hydrogen) atoms. The third-order valence-corrected chi connectivity index (χ3v) is 3.53. The Hall–Kier alpha value is -2.83. The summed E-state index contributed by atoms with van der Waals surface area (Å²) in [4.78, 5) is 37.7. The number of hydrogen-bond acceptors (Lipinski definition) is 4. The van der Waals surface area contributed by atoms with Gasteiger partial charge in [0.05, 0.1) is 12.7 Å². The molecule has 0 radical (unpaired) electrons. The second-order valence-corrected chi connectivity index (χ2v) is 5.07. The number of methoxy groups -OCH3 is 1. The number of nitrogens with one attached hydrogen (secondary N) is 2. The van der Waals surface area contributed by atoms with Crippen molar-refractivity contribution in [1.29, 1.82) is 0 Å². The second kappa shape index (κ2) is 6.95. The summed E-state index contributed by atoms with van der Waals surface area (Å²) in [5.41, 5.74) is 0.722. The van der Waals surface area contributed by atoms with Crippen molar-refractivity contribution in [3.05, 3.63) is 61.9 Å². The van der Waals surface area contributed by atoms with E-state index in [-0.39, 0.29) is 12.5 Å². The highest BCUT2D eigenvalue weighted by Crippen LogP contribution is 2.18. The fourth-order valence-electron chi connectivity index (χ4n) is 2.15. The van der Waals surface area contributed by atoms with Crippen LogP contribution in [0.5, 0.6) is 5.75 Å². The van der Waals surface area contributed by atoms with Crippen molar-refractivity contribution >= 4 is 5.91 Å². The molecule has 2 N–H and O–H groups in total. The molecular formula is C16H19N3O4. The molecule has 1 aromatic heterocycles. The fraction of sp³-hybridized carbons (Fsp3) is 0.312. The predicted octanol–water partition coefficient (Wildman–Crippen LogP) is 0.804. The highest BCUT2D eigenvalue weighted by atomic mass is 16.5. The Bertz CT molecular complexity index is 836. The molecule has 0 bridgehead atoms. The molecule has 7 heteroatoms. The number of amides is 1. The minimum absolute atomic E-state index is 0.0324. The molecule has 0 aliphatic heterocycles. The summed E-state index contributed by atoms with van der Waals surface area (Å²) in [5.74, 6) is 0.298. The monoisotopic (exact) mass is 317 g/mol. The van der Waals surface area contributed by atoms with Crippen LogP contribution in [0.4, 0.5) is 0 Å². The molecule has 122 valence electrons. The molecule has 1 amide bonds. The number of carbonyl (C=O) groups excluding carboxylic acids is 1. The lowest BCUT2D eigenvalue weighted by molar-refractivity contribution is 0.0950. The SMILES string of the molecule is CCn1cc(CNC(=O)c2ccc(C)c(OC)c2)c(=O)[nH]c1=O. The number of nitrogens with zero attached hydrogens (tertiary/aromatic N) is 1. The number of aryl methyl sites for hydroxylation is 2. The van der Waals surface area contributed by atoms with Gasteiger partial charge in [-0.2, -0.15) is 0 Å². The maximum absolute atomic E-state index is 12.2. The first-order valence-electron chi connectivity index (χ1n) is 7.21. The fourth-order valence-corrected chi connectivity index (χ4v) is 2.15. The standard InChI is InChI=1S/C16H19N3O4/c1-4-19-9-12(15(21)18-16(19)22)8-17-14(20)11-6-5-10(2)13(7-11)23-3/h5-7,9H,4,8H2,1-3H3,(H,17,20)(H,18,21,22). The van der Waals surface area contributed by atoms with Gasteiger partial charge >= 0.3 is 5.69 Å². The van der Waals surface area contributed by atoms with Crippen molar-refractivity contribution in [2.45, 2.75) is 26.9 Å². The molecule has 1 aromatic carbocycles. The highest BCUT2D eigenvalue weighted by Gasteiger charge is 2.10.